The summed E-state index contributed by atoms with van der Waals surface area (Å²) in [5.41, 5.74) is 4.47. The maximum atomic E-state index is 11.9. The first kappa shape index (κ1) is 21.4. The number of aromatic nitrogens is 3. The fourth-order valence-corrected chi connectivity index (χ4v) is 4.22. The van der Waals surface area contributed by atoms with Gasteiger partial charge in [0.25, 0.3) is 0 Å². The zero-order chi connectivity index (χ0) is 21.0. The predicted molar refractivity (Wildman–Crippen MR) is 119 cm³/mol. The molecule has 7 heteroatoms. The molecule has 0 saturated heterocycles. The van der Waals surface area contributed by atoms with Gasteiger partial charge in [-0.1, -0.05) is 60.6 Å². The Morgan fingerprint density at radius 2 is 1.93 bits per heavy atom. The molecule has 1 aromatic heterocycles. The summed E-state index contributed by atoms with van der Waals surface area (Å²) in [6.45, 7) is 7.89. The molecule has 3 rings (SSSR count). The Bertz CT molecular complexity index is 1020. The summed E-state index contributed by atoms with van der Waals surface area (Å²) in [4.78, 5) is 11.9. The number of carbonyl (C=O) groups is 1. The number of amides is 1. The van der Waals surface area contributed by atoms with Crippen LogP contribution in [0.25, 0.3) is 5.69 Å². The van der Waals surface area contributed by atoms with Crippen molar-refractivity contribution in [1.29, 1.82) is 0 Å². The number of carbonyl (C=O) groups excluding carboxylic acids is 1. The second-order valence-electron chi connectivity index (χ2n) is 6.96. The van der Waals surface area contributed by atoms with Gasteiger partial charge < -0.3 is 5.32 Å². The molecule has 1 atom stereocenters. The van der Waals surface area contributed by atoms with E-state index < -0.39 is 0 Å². The van der Waals surface area contributed by atoms with Crippen LogP contribution < -0.4 is 5.32 Å². The van der Waals surface area contributed by atoms with Crippen LogP contribution in [0.3, 0.4) is 0 Å². The Morgan fingerprint density at radius 3 is 2.66 bits per heavy atom. The molecule has 5 nitrogen and oxygen atoms in total. The molecular formula is C22H25ClN4OS. The number of nitrogens with one attached hydrogen (secondary N) is 1. The second kappa shape index (κ2) is 9.46. The summed E-state index contributed by atoms with van der Waals surface area (Å²) < 4.78 is 2.00. The minimum atomic E-state index is -0.277. The number of halogens is 1. The molecular weight excluding hydrogens is 404 g/mol. The van der Waals surface area contributed by atoms with E-state index in [0.717, 1.165) is 22.2 Å². The molecule has 0 fully saturated rings. The fourth-order valence-electron chi connectivity index (χ4n) is 3.03. The average Bonchev–Trinajstić information content (AvgIpc) is 3.13. The third kappa shape index (κ3) is 5.00. The molecule has 1 heterocycles. The standard InChI is InChI=1S/C22H25ClN4OS/c1-5-20(28)24-16(4)21-25-26-22(29-13-17-9-7-6-8-14(17)2)27(21)19-12-18(23)11-10-15(19)3/h6-12,16H,5,13H2,1-4H3,(H,24,28). The molecule has 1 N–H and O–H groups in total. The Labute approximate surface area is 180 Å². The third-order valence-electron chi connectivity index (χ3n) is 4.77. The van der Waals surface area contributed by atoms with E-state index in [1.54, 1.807) is 11.8 Å². The summed E-state index contributed by atoms with van der Waals surface area (Å²) in [6.07, 6.45) is 0.420. The van der Waals surface area contributed by atoms with E-state index in [0.29, 0.717) is 17.3 Å². The van der Waals surface area contributed by atoms with Crippen LogP contribution in [0.4, 0.5) is 0 Å². The lowest BCUT2D eigenvalue weighted by atomic mass is 10.1. The van der Waals surface area contributed by atoms with Gasteiger partial charge in [0.15, 0.2) is 11.0 Å². The minimum Gasteiger partial charge on any atom is -0.346 e. The number of benzene rings is 2. The lowest BCUT2D eigenvalue weighted by Gasteiger charge is -2.18. The van der Waals surface area contributed by atoms with Gasteiger partial charge in [0.2, 0.25) is 5.91 Å². The van der Waals surface area contributed by atoms with Crippen LogP contribution in [0.1, 0.15) is 48.8 Å². The summed E-state index contributed by atoms with van der Waals surface area (Å²) in [5.74, 6) is 1.44. The van der Waals surface area contributed by atoms with Gasteiger partial charge in [-0.15, -0.1) is 10.2 Å². The van der Waals surface area contributed by atoms with Crippen molar-refractivity contribution in [2.24, 2.45) is 0 Å². The maximum absolute atomic E-state index is 11.9. The number of aryl methyl sites for hydroxylation is 2. The van der Waals surface area contributed by atoms with Crippen molar-refractivity contribution < 1.29 is 4.79 Å². The largest absolute Gasteiger partial charge is 0.346 e. The van der Waals surface area contributed by atoms with Gasteiger partial charge in [-0.25, -0.2) is 0 Å². The summed E-state index contributed by atoms with van der Waals surface area (Å²) >= 11 is 7.91. The zero-order valence-electron chi connectivity index (χ0n) is 17.1. The molecule has 1 amide bonds. The molecule has 0 spiro atoms. The van der Waals surface area contributed by atoms with Crippen LogP contribution in [-0.4, -0.2) is 20.7 Å². The van der Waals surface area contributed by atoms with Crippen molar-refractivity contribution in [2.45, 2.75) is 51.1 Å². The molecule has 1 unspecified atom stereocenters. The van der Waals surface area contributed by atoms with Gasteiger partial charge in [0, 0.05) is 17.2 Å². The number of thioether (sulfide) groups is 1. The predicted octanol–water partition coefficient (Wildman–Crippen LogP) is 5.42. The highest BCUT2D eigenvalue weighted by Gasteiger charge is 2.22. The Hall–Kier alpha value is -2.31. The smallest absolute Gasteiger partial charge is 0.220 e. The highest BCUT2D eigenvalue weighted by molar-refractivity contribution is 7.98. The Morgan fingerprint density at radius 1 is 1.17 bits per heavy atom. The molecule has 0 aliphatic rings. The van der Waals surface area contributed by atoms with Gasteiger partial charge in [-0.05, 0) is 49.6 Å². The molecule has 0 radical (unpaired) electrons. The Kier molecular flexibility index (Phi) is 6.98. The lowest BCUT2D eigenvalue weighted by molar-refractivity contribution is -0.121. The molecule has 0 saturated carbocycles. The van der Waals surface area contributed by atoms with E-state index in [1.165, 1.54) is 11.1 Å². The molecule has 0 aliphatic carbocycles. The van der Waals surface area contributed by atoms with Crippen LogP contribution in [0.5, 0.6) is 0 Å². The monoisotopic (exact) mass is 428 g/mol. The number of nitrogens with zero attached hydrogens (tertiary/aromatic N) is 3. The number of rotatable bonds is 7. The van der Waals surface area contributed by atoms with E-state index in [4.69, 9.17) is 11.6 Å². The highest BCUT2D eigenvalue weighted by atomic mass is 35.5. The topological polar surface area (TPSA) is 59.8 Å². The summed E-state index contributed by atoms with van der Waals surface area (Å²) in [7, 11) is 0. The van der Waals surface area contributed by atoms with Crippen LogP contribution >= 0.6 is 23.4 Å². The van der Waals surface area contributed by atoms with E-state index in [-0.39, 0.29) is 11.9 Å². The van der Waals surface area contributed by atoms with Crippen molar-refractivity contribution in [3.05, 3.63) is 70.0 Å². The van der Waals surface area contributed by atoms with Gasteiger partial charge in [-0.2, -0.15) is 0 Å². The molecule has 152 valence electrons. The van der Waals surface area contributed by atoms with E-state index in [9.17, 15) is 4.79 Å². The molecule has 0 aliphatic heterocycles. The average molecular weight is 429 g/mol. The van der Waals surface area contributed by atoms with Crippen molar-refractivity contribution in [3.8, 4) is 5.69 Å². The van der Waals surface area contributed by atoms with Crippen molar-refractivity contribution in [2.75, 3.05) is 0 Å². The van der Waals surface area contributed by atoms with Crippen molar-refractivity contribution >= 4 is 29.3 Å². The molecule has 29 heavy (non-hydrogen) atoms. The van der Waals surface area contributed by atoms with Gasteiger partial charge in [0.1, 0.15) is 0 Å². The van der Waals surface area contributed by atoms with Gasteiger partial charge in [-0.3, -0.25) is 9.36 Å². The first-order valence-electron chi connectivity index (χ1n) is 9.59. The van der Waals surface area contributed by atoms with Crippen LogP contribution in [0.2, 0.25) is 5.02 Å². The fraction of sp³-hybridized carbons (Fsp3) is 0.318. The van der Waals surface area contributed by atoms with Crippen LogP contribution in [0, 0.1) is 13.8 Å². The summed E-state index contributed by atoms with van der Waals surface area (Å²) in [5, 5.41) is 13.3. The summed E-state index contributed by atoms with van der Waals surface area (Å²) in [6, 6.07) is 13.8. The molecule has 2 aromatic carbocycles. The minimum absolute atomic E-state index is 0.0241. The molecule has 3 aromatic rings. The molecule has 0 bridgehead atoms. The number of hydrogen-bond acceptors (Lipinski definition) is 4. The second-order valence-corrected chi connectivity index (χ2v) is 8.34. The van der Waals surface area contributed by atoms with E-state index >= 15 is 0 Å². The lowest BCUT2D eigenvalue weighted by Crippen LogP contribution is -2.28. The zero-order valence-corrected chi connectivity index (χ0v) is 18.6. The first-order chi connectivity index (χ1) is 13.9. The van der Waals surface area contributed by atoms with Gasteiger partial charge in [0.05, 0.1) is 11.7 Å². The van der Waals surface area contributed by atoms with Crippen LogP contribution in [0.15, 0.2) is 47.6 Å². The van der Waals surface area contributed by atoms with E-state index in [1.807, 2.05) is 55.7 Å². The quantitative estimate of drug-likeness (QED) is 0.510. The maximum Gasteiger partial charge on any atom is 0.220 e. The van der Waals surface area contributed by atoms with Crippen LogP contribution in [-0.2, 0) is 10.5 Å². The van der Waals surface area contributed by atoms with E-state index in [2.05, 4.69) is 34.6 Å². The third-order valence-corrected chi connectivity index (χ3v) is 5.99. The first-order valence-corrected chi connectivity index (χ1v) is 11.0. The van der Waals surface area contributed by atoms with Crippen molar-refractivity contribution in [3.63, 3.8) is 0 Å². The number of hydrogen-bond donors (Lipinski definition) is 1. The Balaban J connectivity index is 2.01. The normalized spacial score (nSPS) is 12.0. The van der Waals surface area contributed by atoms with Crippen molar-refractivity contribution in [1.82, 2.24) is 20.1 Å². The highest BCUT2D eigenvalue weighted by Crippen LogP contribution is 2.30. The SMILES string of the molecule is CCC(=O)NC(C)c1nnc(SCc2ccccc2C)n1-c1cc(Cl)ccc1C. The van der Waals surface area contributed by atoms with Gasteiger partial charge >= 0.3 is 0 Å².